The van der Waals surface area contributed by atoms with E-state index in [1.807, 2.05) is 12.4 Å². The fraction of sp³-hybridized carbons (Fsp3) is 0.733. The highest BCUT2D eigenvalue weighted by molar-refractivity contribution is 5.21. The van der Waals surface area contributed by atoms with Crippen LogP contribution in [-0.4, -0.2) is 6.04 Å². The van der Waals surface area contributed by atoms with Crippen LogP contribution in [0.15, 0.2) is 23.7 Å². The highest BCUT2D eigenvalue weighted by Gasteiger charge is 2.21. The van der Waals surface area contributed by atoms with E-state index in [2.05, 4.69) is 52.2 Å². The van der Waals surface area contributed by atoms with Crippen molar-refractivity contribution in [2.24, 2.45) is 17.8 Å². The number of allylic oxidation sites excluding steroid dienone is 1. The van der Waals surface area contributed by atoms with Crippen LogP contribution in [0.5, 0.6) is 0 Å². The van der Waals surface area contributed by atoms with Gasteiger partial charge in [0.2, 0.25) is 0 Å². The molecule has 0 aliphatic carbocycles. The Bertz CT molecular complexity index is 298. The zero-order valence-electron chi connectivity index (χ0n) is 12.2. The van der Waals surface area contributed by atoms with Crippen LogP contribution < -0.4 is 10.6 Å². The van der Waals surface area contributed by atoms with Crippen molar-refractivity contribution in [3.63, 3.8) is 0 Å². The van der Waals surface area contributed by atoms with E-state index >= 15 is 0 Å². The average Bonchev–Trinajstić information content (AvgIpc) is 2.15. The summed E-state index contributed by atoms with van der Waals surface area (Å²) >= 11 is 0. The van der Waals surface area contributed by atoms with Crippen LogP contribution in [0.25, 0.3) is 0 Å². The largest absolute Gasteiger partial charge is 0.386 e. The lowest BCUT2D eigenvalue weighted by Crippen LogP contribution is -2.34. The van der Waals surface area contributed by atoms with Crippen molar-refractivity contribution >= 4 is 0 Å². The van der Waals surface area contributed by atoms with Gasteiger partial charge in [0.05, 0.1) is 0 Å². The maximum absolute atomic E-state index is 3.49. The highest BCUT2D eigenvalue weighted by atomic mass is 14.9. The fourth-order valence-electron chi connectivity index (χ4n) is 2.31. The van der Waals surface area contributed by atoms with Crippen LogP contribution in [0.1, 0.15) is 48.0 Å². The number of hydrogen-bond donors (Lipinski definition) is 2. The minimum Gasteiger partial charge on any atom is -0.386 e. The number of hydrogen-bond acceptors (Lipinski definition) is 2. The quantitative estimate of drug-likeness (QED) is 0.782. The first-order chi connectivity index (χ1) is 7.93. The van der Waals surface area contributed by atoms with Gasteiger partial charge in [0.1, 0.15) is 0 Å². The molecule has 1 heterocycles. The molecular weight excluding hydrogens is 208 g/mol. The molecule has 2 heteroatoms. The van der Waals surface area contributed by atoms with E-state index < -0.39 is 0 Å². The first-order valence-electron chi connectivity index (χ1n) is 6.84. The third kappa shape index (κ3) is 3.79. The van der Waals surface area contributed by atoms with Crippen molar-refractivity contribution in [2.45, 2.75) is 54.0 Å². The molecule has 0 aromatic carbocycles. The van der Waals surface area contributed by atoms with Crippen molar-refractivity contribution in [1.82, 2.24) is 10.6 Å². The van der Waals surface area contributed by atoms with Gasteiger partial charge in [-0.2, -0.15) is 0 Å². The van der Waals surface area contributed by atoms with Gasteiger partial charge in [-0.05, 0) is 29.7 Å². The molecule has 0 fully saturated rings. The minimum atomic E-state index is 0.541. The van der Waals surface area contributed by atoms with E-state index in [9.17, 15) is 0 Å². The molecular formula is C15H28N2. The molecule has 1 aliphatic rings. The van der Waals surface area contributed by atoms with Gasteiger partial charge in [0.15, 0.2) is 0 Å². The van der Waals surface area contributed by atoms with E-state index in [4.69, 9.17) is 0 Å². The SMILES string of the molecule is CC(C)/C1=C(\C(C)C)N/C=C\NC(C(C)C)C1. The molecule has 2 nitrogen and oxygen atoms in total. The van der Waals surface area contributed by atoms with Gasteiger partial charge in [-0.25, -0.2) is 0 Å². The van der Waals surface area contributed by atoms with Gasteiger partial charge < -0.3 is 10.6 Å². The summed E-state index contributed by atoms with van der Waals surface area (Å²) in [5, 5.41) is 6.94. The van der Waals surface area contributed by atoms with Crippen LogP contribution in [-0.2, 0) is 0 Å². The second-order valence-corrected chi connectivity index (χ2v) is 5.95. The predicted octanol–water partition coefficient (Wildman–Crippen LogP) is 3.63. The summed E-state index contributed by atoms with van der Waals surface area (Å²) in [7, 11) is 0. The summed E-state index contributed by atoms with van der Waals surface area (Å²) in [5.74, 6) is 1.82. The molecule has 0 bridgehead atoms. The van der Waals surface area contributed by atoms with Gasteiger partial charge in [-0.15, -0.1) is 0 Å². The molecule has 17 heavy (non-hydrogen) atoms. The number of nitrogens with one attached hydrogen (secondary N) is 2. The second kappa shape index (κ2) is 6.13. The predicted molar refractivity (Wildman–Crippen MR) is 75.4 cm³/mol. The molecule has 1 atom stereocenters. The Morgan fingerprint density at radius 2 is 1.65 bits per heavy atom. The Hall–Kier alpha value is -0.920. The smallest absolute Gasteiger partial charge is 0.0317 e. The molecule has 2 N–H and O–H groups in total. The minimum absolute atomic E-state index is 0.541. The maximum atomic E-state index is 3.49. The summed E-state index contributed by atoms with van der Waals surface area (Å²) in [4.78, 5) is 0. The molecule has 0 spiro atoms. The maximum Gasteiger partial charge on any atom is 0.0317 e. The summed E-state index contributed by atoms with van der Waals surface area (Å²) in [5.41, 5.74) is 2.97. The lowest BCUT2D eigenvalue weighted by Gasteiger charge is -2.30. The third-order valence-corrected chi connectivity index (χ3v) is 3.50. The topological polar surface area (TPSA) is 24.1 Å². The van der Waals surface area contributed by atoms with Crippen molar-refractivity contribution < 1.29 is 0 Å². The molecule has 98 valence electrons. The summed E-state index contributed by atoms with van der Waals surface area (Å²) in [6.07, 6.45) is 5.22. The summed E-state index contributed by atoms with van der Waals surface area (Å²) in [6, 6.07) is 0.541. The van der Waals surface area contributed by atoms with E-state index in [1.165, 1.54) is 5.70 Å². The number of rotatable bonds is 3. The molecule has 0 amide bonds. The molecule has 0 saturated carbocycles. The van der Waals surface area contributed by atoms with Crippen LogP contribution in [0.4, 0.5) is 0 Å². The molecule has 1 unspecified atom stereocenters. The average molecular weight is 236 g/mol. The lowest BCUT2D eigenvalue weighted by molar-refractivity contribution is 0.416. The summed E-state index contributed by atoms with van der Waals surface area (Å²) in [6.45, 7) is 13.7. The Labute approximate surface area is 107 Å². The van der Waals surface area contributed by atoms with E-state index in [1.54, 1.807) is 5.57 Å². The molecule has 0 aromatic rings. The normalized spacial score (nSPS) is 27.7. The first-order valence-corrected chi connectivity index (χ1v) is 6.84. The Morgan fingerprint density at radius 1 is 1.00 bits per heavy atom. The van der Waals surface area contributed by atoms with Crippen molar-refractivity contribution in [2.75, 3.05) is 0 Å². The summed E-state index contributed by atoms with van der Waals surface area (Å²) < 4.78 is 0. The van der Waals surface area contributed by atoms with Crippen LogP contribution in [0.2, 0.25) is 0 Å². The molecule has 0 saturated heterocycles. The van der Waals surface area contributed by atoms with Crippen molar-refractivity contribution in [3.05, 3.63) is 23.7 Å². The van der Waals surface area contributed by atoms with Gasteiger partial charge in [-0.3, -0.25) is 0 Å². The zero-order chi connectivity index (χ0) is 13.0. The van der Waals surface area contributed by atoms with Crippen molar-refractivity contribution in [1.29, 1.82) is 0 Å². The van der Waals surface area contributed by atoms with Gasteiger partial charge >= 0.3 is 0 Å². The standard InChI is InChI=1S/C15H28N2/c1-10(2)13-9-14(11(3)4)16-7-8-17-15(13)12(5)6/h7-8,10-12,14,16-17H,9H2,1-6H3/b8-7-,15-13+. The van der Waals surface area contributed by atoms with Gasteiger partial charge in [0.25, 0.3) is 0 Å². The van der Waals surface area contributed by atoms with Gasteiger partial charge in [0, 0.05) is 24.1 Å². The third-order valence-electron chi connectivity index (χ3n) is 3.50. The first kappa shape index (κ1) is 14.1. The Morgan fingerprint density at radius 3 is 2.12 bits per heavy atom. The molecule has 1 rings (SSSR count). The fourth-order valence-corrected chi connectivity index (χ4v) is 2.31. The van der Waals surface area contributed by atoms with Crippen LogP contribution in [0.3, 0.4) is 0 Å². The van der Waals surface area contributed by atoms with E-state index in [0.717, 1.165) is 6.42 Å². The van der Waals surface area contributed by atoms with Crippen LogP contribution >= 0.6 is 0 Å². The molecule has 0 radical (unpaired) electrons. The van der Waals surface area contributed by atoms with Crippen LogP contribution in [0, 0.1) is 17.8 Å². The Balaban J connectivity index is 3.04. The molecule has 1 aliphatic heterocycles. The van der Waals surface area contributed by atoms with E-state index in [-0.39, 0.29) is 0 Å². The highest BCUT2D eigenvalue weighted by Crippen LogP contribution is 2.26. The second-order valence-electron chi connectivity index (χ2n) is 5.95. The molecule has 0 aromatic heterocycles. The monoisotopic (exact) mass is 236 g/mol. The lowest BCUT2D eigenvalue weighted by atomic mass is 9.86. The van der Waals surface area contributed by atoms with E-state index in [0.29, 0.717) is 23.8 Å². The van der Waals surface area contributed by atoms with Crippen molar-refractivity contribution in [3.8, 4) is 0 Å². The Kier molecular flexibility index (Phi) is 5.10. The zero-order valence-corrected chi connectivity index (χ0v) is 12.2. The van der Waals surface area contributed by atoms with Gasteiger partial charge in [-0.1, -0.05) is 41.5 Å².